The number of amides is 1. The summed E-state index contributed by atoms with van der Waals surface area (Å²) >= 11 is 1.47. The topological polar surface area (TPSA) is 56.2 Å². The highest BCUT2D eigenvalue weighted by molar-refractivity contribution is 7.13. The summed E-state index contributed by atoms with van der Waals surface area (Å²) in [5, 5.41) is 6.72. The molecule has 2 aromatic heterocycles. The van der Waals surface area contributed by atoms with Crippen LogP contribution < -0.4 is 5.32 Å². The summed E-state index contributed by atoms with van der Waals surface area (Å²) in [7, 11) is 1.70. The first-order chi connectivity index (χ1) is 13.7. The summed E-state index contributed by atoms with van der Waals surface area (Å²) in [5.74, 6) is -0.198. The fraction of sp³-hybridized carbons (Fsp3) is 0.182. The van der Waals surface area contributed by atoms with Gasteiger partial charge >= 0.3 is 0 Å². The molecular weight excluding hydrogens is 370 g/mol. The second kappa shape index (κ2) is 7.96. The number of hydrogen-bond donors (Lipinski definition) is 1. The van der Waals surface area contributed by atoms with Crippen LogP contribution >= 0.6 is 11.3 Å². The number of aryl methyl sites for hydroxylation is 1. The lowest BCUT2D eigenvalue weighted by molar-refractivity contribution is 0.102. The van der Waals surface area contributed by atoms with Crippen molar-refractivity contribution in [1.29, 1.82) is 0 Å². The Bertz CT molecular complexity index is 1130. The Morgan fingerprint density at radius 2 is 1.96 bits per heavy atom. The van der Waals surface area contributed by atoms with Crippen molar-refractivity contribution < 1.29 is 9.53 Å². The van der Waals surface area contributed by atoms with E-state index in [-0.39, 0.29) is 5.91 Å². The molecule has 2 heterocycles. The predicted molar refractivity (Wildman–Crippen MR) is 114 cm³/mol. The van der Waals surface area contributed by atoms with E-state index in [0.717, 1.165) is 39.4 Å². The Labute approximate surface area is 167 Å². The van der Waals surface area contributed by atoms with Gasteiger partial charge in [0.15, 0.2) is 0 Å². The van der Waals surface area contributed by atoms with Crippen molar-refractivity contribution in [3.05, 3.63) is 71.2 Å². The molecule has 4 aromatic rings. The maximum atomic E-state index is 12.6. The summed E-state index contributed by atoms with van der Waals surface area (Å²) in [5.41, 5.74) is 4.38. The van der Waals surface area contributed by atoms with Gasteiger partial charge in [0, 0.05) is 35.6 Å². The van der Waals surface area contributed by atoms with Crippen molar-refractivity contribution in [2.45, 2.75) is 13.5 Å². The molecular formula is C22H21N3O2S. The Hall–Kier alpha value is -2.96. The molecule has 4 rings (SSSR count). The van der Waals surface area contributed by atoms with E-state index in [1.54, 1.807) is 12.5 Å². The zero-order valence-corrected chi connectivity index (χ0v) is 16.6. The molecule has 142 valence electrons. The van der Waals surface area contributed by atoms with Crippen LogP contribution in [0.15, 0.2) is 60.0 Å². The first-order valence-electron chi connectivity index (χ1n) is 9.07. The van der Waals surface area contributed by atoms with Crippen molar-refractivity contribution in [2.24, 2.45) is 0 Å². The van der Waals surface area contributed by atoms with Crippen molar-refractivity contribution in [3.8, 4) is 10.7 Å². The molecule has 0 unspecified atom stereocenters. The summed E-state index contributed by atoms with van der Waals surface area (Å²) in [4.78, 5) is 17.3. The maximum Gasteiger partial charge on any atom is 0.275 e. The van der Waals surface area contributed by atoms with Gasteiger partial charge in [-0.05, 0) is 30.7 Å². The number of carbonyl (C=O) groups excluding carboxylic acids is 1. The van der Waals surface area contributed by atoms with E-state index >= 15 is 0 Å². The third-order valence-corrected chi connectivity index (χ3v) is 5.54. The predicted octanol–water partition coefficient (Wildman–Crippen LogP) is 4.97. The van der Waals surface area contributed by atoms with E-state index in [0.29, 0.717) is 12.3 Å². The van der Waals surface area contributed by atoms with Crippen LogP contribution in [0.4, 0.5) is 5.69 Å². The zero-order chi connectivity index (χ0) is 19.5. The summed E-state index contributed by atoms with van der Waals surface area (Å²) in [6, 6.07) is 18.1. The molecule has 0 saturated carbocycles. The smallest absolute Gasteiger partial charge is 0.275 e. The van der Waals surface area contributed by atoms with Crippen molar-refractivity contribution >= 4 is 33.8 Å². The van der Waals surface area contributed by atoms with Gasteiger partial charge in [-0.1, -0.05) is 36.4 Å². The molecule has 0 fully saturated rings. The molecule has 0 spiro atoms. The number of ether oxygens (including phenoxy) is 1. The number of aromatic nitrogens is 2. The highest BCUT2D eigenvalue weighted by Crippen LogP contribution is 2.30. The number of nitrogens with one attached hydrogen (secondary N) is 1. The normalized spacial score (nSPS) is 11.1. The van der Waals surface area contributed by atoms with Crippen LogP contribution in [-0.2, 0) is 11.3 Å². The van der Waals surface area contributed by atoms with E-state index in [1.165, 1.54) is 11.3 Å². The van der Waals surface area contributed by atoms with Crippen molar-refractivity contribution in [2.75, 3.05) is 19.0 Å². The minimum absolute atomic E-state index is 0.198. The van der Waals surface area contributed by atoms with Crippen LogP contribution in [0.5, 0.6) is 0 Å². The Morgan fingerprint density at radius 3 is 2.79 bits per heavy atom. The van der Waals surface area contributed by atoms with Gasteiger partial charge in [-0.15, -0.1) is 11.3 Å². The number of anilines is 1. The summed E-state index contributed by atoms with van der Waals surface area (Å²) < 4.78 is 7.47. The van der Waals surface area contributed by atoms with E-state index < -0.39 is 0 Å². The van der Waals surface area contributed by atoms with Gasteiger partial charge in [0.25, 0.3) is 5.91 Å². The number of hydrogen-bond acceptors (Lipinski definition) is 4. The standard InChI is InChI=1S/C22H21N3O2S/c1-15-7-3-5-9-17(15)23-21(26)18-14-28-22(24-18)20-13-16-8-4-6-10-19(16)25(20)11-12-27-2/h3-10,13-14H,11-12H2,1-2H3,(H,23,26). The molecule has 0 atom stereocenters. The monoisotopic (exact) mass is 391 g/mol. The molecule has 0 saturated heterocycles. The molecule has 0 aliphatic carbocycles. The van der Waals surface area contributed by atoms with Crippen LogP contribution in [0.2, 0.25) is 0 Å². The lowest BCUT2D eigenvalue weighted by Gasteiger charge is -2.08. The van der Waals surface area contributed by atoms with Crippen LogP contribution in [0.1, 0.15) is 16.1 Å². The highest BCUT2D eigenvalue weighted by atomic mass is 32.1. The van der Waals surface area contributed by atoms with Gasteiger partial charge in [-0.2, -0.15) is 0 Å². The highest BCUT2D eigenvalue weighted by Gasteiger charge is 2.17. The zero-order valence-electron chi connectivity index (χ0n) is 15.8. The van der Waals surface area contributed by atoms with Gasteiger partial charge in [0.05, 0.1) is 12.3 Å². The average molecular weight is 391 g/mol. The number of carbonyl (C=O) groups is 1. The fourth-order valence-electron chi connectivity index (χ4n) is 3.21. The van der Waals surface area contributed by atoms with E-state index in [9.17, 15) is 4.79 Å². The minimum atomic E-state index is -0.198. The number of methoxy groups -OCH3 is 1. The largest absolute Gasteiger partial charge is 0.383 e. The minimum Gasteiger partial charge on any atom is -0.383 e. The van der Waals surface area contributed by atoms with Gasteiger partial charge in [-0.25, -0.2) is 4.98 Å². The molecule has 0 bridgehead atoms. The molecule has 2 aromatic carbocycles. The molecule has 28 heavy (non-hydrogen) atoms. The van der Waals surface area contributed by atoms with Crippen LogP contribution in [0.3, 0.4) is 0 Å². The molecule has 1 N–H and O–H groups in total. The van der Waals surface area contributed by atoms with Crippen molar-refractivity contribution in [3.63, 3.8) is 0 Å². The molecule has 6 heteroatoms. The molecule has 1 amide bonds. The van der Waals surface area contributed by atoms with E-state index in [1.807, 2.05) is 43.3 Å². The third-order valence-electron chi connectivity index (χ3n) is 4.68. The van der Waals surface area contributed by atoms with Crippen molar-refractivity contribution in [1.82, 2.24) is 9.55 Å². The quantitative estimate of drug-likeness (QED) is 0.505. The number of para-hydroxylation sites is 2. The first kappa shape index (κ1) is 18.4. The van der Waals surface area contributed by atoms with Crippen LogP contribution in [0.25, 0.3) is 21.6 Å². The molecule has 0 aliphatic rings. The Kier molecular flexibility index (Phi) is 5.23. The number of nitrogens with zero attached hydrogens (tertiary/aromatic N) is 2. The second-order valence-corrected chi connectivity index (χ2v) is 7.40. The average Bonchev–Trinajstić information content (AvgIpc) is 3.33. The number of benzene rings is 2. The summed E-state index contributed by atoms with van der Waals surface area (Å²) in [6.07, 6.45) is 0. The van der Waals surface area contributed by atoms with Gasteiger partial charge in [-0.3, -0.25) is 4.79 Å². The summed E-state index contributed by atoms with van der Waals surface area (Å²) in [6.45, 7) is 3.30. The Balaban J connectivity index is 1.65. The van der Waals surface area contributed by atoms with Gasteiger partial charge in [0.2, 0.25) is 0 Å². The molecule has 5 nitrogen and oxygen atoms in total. The van der Waals surface area contributed by atoms with Gasteiger partial charge < -0.3 is 14.6 Å². The second-order valence-electron chi connectivity index (χ2n) is 6.54. The van der Waals surface area contributed by atoms with Gasteiger partial charge in [0.1, 0.15) is 10.7 Å². The van der Waals surface area contributed by atoms with E-state index in [4.69, 9.17) is 4.74 Å². The fourth-order valence-corrected chi connectivity index (χ4v) is 4.03. The van der Waals surface area contributed by atoms with E-state index in [2.05, 4.69) is 33.1 Å². The number of thiazole rings is 1. The lowest BCUT2D eigenvalue weighted by Crippen LogP contribution is -2.13. The molecule has 0 radical (unpaired) electrons. The number of rotatable bonds is 6. The number of fused-ring (bicyclic) bond motifs is 1. The first-order valence-corrected chi connectivity index (χ1v) is 9.95. The van der Waals surface area contributed by atoms with Crippen LogP contribution in [-0.4, -0.2) is 29.2 Å². The SMILES string of the molecule is COCCn1c(-c2nc(C(=O)Nc3ccccc3C)cs2)cc2ccccc21. The van der Waals surface area contributed by atoms with Crippen LogP contribution in [0, 0.1) is 6.92 Å². The molecule has 0 aliphatic heterocycles. The lowest BCUT2D eigenvalue weighted by atomic mass is 10.2. The Morgan fingerprint density at radius 1 is 1.18 bits per heavy atom. The maximum absolute atomic E-state index is 12.6. The third kappa shape index (κ3) is 3.56.